The van der Waals surface area contributed by atoms with Gasteiger partial charge in [0.1, 0.15) is 0 Å². The van der Waals surface area contributed by atoms with E-state index in [1.807, 2.05) is 13.8 Å². The van der Waals surface area contributed by atoms with E-state index in [1.165, 1.54) is 6.92 Å². The van der Waals surface area contributed by atoms with Gasteiger partial charge >= 0.3 is 5.97 Å². The third-order valence-electron chi connectivity index (χ3n) is 2.13. The molecule has 17 heavy (non-hydrogen) atoms. The lowest BCUT2D eigenvalue weighted by molar-refractivity contribution is -0.131. The second-order valence-electron chi connectivity index (χ2n) is 3.88. The molecule has 0 unspecified atom stereocenters. The number of carbonyl (C=O) groups excluding carboxylic acids is 1. The van der Waals surface area contributed by atoms with E-state index in [9.17, 15) is 9.59 Å². The number of halogens is 2. The van der Waals surface area contributed by atoms with Crippen LogP contribution in [0, 0.1) is 0 Å². The topological polar surface area (TPSA) is 43.4 Å². The summed E-state index contributed by atoms with van der Waals surface area (Å²) in [4.78, 5) is 22.8. The first-order valence-electron chi connectivity index (χ1n) is 5.04. The molecule has 0 N–H and O–H groups in total. The third kappa shape index (κ3) is 3.64. The quantitative estimate of drug-likeness (QED) is 0.753. The highest BCUT2D eigenvalue weighted by Crippen LogP contribution is 2.27. The van der Waals surface area contributed by atoms with Gasteiger partial charge in [-0.2, -0.15) is 0 Å². The Labute approximate surface area is 116 Å². The Morgan fingerprint density at radius 2 is 1.82 bits per heavy atom. The zero-order valence-electron chi connectivity index (χ0n) is 9.71. The average molecular weight is 364 g/mol. The largest absolute Gasteiger partial charge is 0.422 e. The van der Waals surface area contributed by atoms with Crippen LogP contribution in [0.1, 0.15) is 32.3 Å². The van der Waals surface area contributed by atoms with Crippen LogP contribution in [-0.4, -0.2) is 5.97 Å². The fraction of sp³-hybridized carbons (Fsp3) is 0.333. The van der Waals surface area contributed by atoms with E-state index < -0.39 is 5.97 Å². The molecule has 0 atom stereocenters. The first-order valence-corrected chi connectivity index (χ1v) is 6.63. The second kappa shape index (κ2) is 5.78. The molecule has 0 aliphatic heterocycles. The van der Waals surface area contributed by atoms with Gasteiger partial charge in [0, 0.05) is 11.4 Å². The van der Waals surface area contributed by atoms with E-state index in [0.717, 1.165) is 10.0 Å². The lowest BCUT2D eigenvalue weighted by Gasteiger charge is -2.05. The summed E-state index contributed by atoms with van der Waals surface area (Å²) in [7, 11) is 0. The van der Waals surface area contributed by atoms with Crippen LogP contribution in [-0.2, 0) is 4.79 Å². The first kappa shape index (κ1) is 14.4. The van der Waals surface area contributed by atoms with Gasteiger partial charge in [0.15, 0.2) is 5.75 Å². The molecule has 0 spiro atoms. The summed E-state index contributed by atoms with van der Waals surface area (Å²) < 4.78 is 6.08. The van der Waals surface area contributed by atoms with E-state index in [1.54, 1.807) is 12.1 Å². The fourth-order valence-electron chi connectivity index (χ4n) is 1.33. The summed E-state index contributed by atoms with van der Waals surface area (Å²) in [6, 6.07) is 3.27. The van der Waals surface area contributed by atoms with Gasteiger partial charge in [-0.05, 0) is 39.5 Å². The van der Waals surface area contributed by atoms with Crippen LogP contribution in [0.2, 0.25) is 0 Å². The molecule has 5 heteroatoms. The summed E-state index contributed by atoms with van der Waals surface area (Å²) in [6.07, 6.45) is 0. The highest BCUT2D eigenvalue weighted by Gasteiger charge is 2.12. The SMILES string of the molecule is CC(=O)Oc1cc(C(C)C)c(Br)cc(Br)c1=O. The molecule has 1 aromatic rings. The minimum atomic E-state index is -0.508. The minimum absolute atomic E-state index is 0.0405. The third-order valence-corrected chi connectivity index (χ3v) is 3.41. The van der Waals surface area contributed by atoms with Crippen LogP contribution < -0.4 is 10.2 Å². The van der Waals surface area contributed by atoms with Crippen molar-refractivity contribution >= 4 is 37.8 Å². The van der Waals surface area contributed by atoms with Gasteiger partial charge in [0.2, 0.25) is 5.43 Å². The van der Waals surface area contributed by atoms with Crippen LogP contribution in [0.5, 0.6) is 5.75 Å². The van der Waals surface area contributed by atoms with E-state index in [-0.39, 0.29) is 17.1 Å². The van der Waals surface area contributed by atoms with Crippen molar-refractivity contribution in [2.75, 3.05) is 0 Å². The van der Waals surface area contributed by atoms with Gasteiger partial charge in [-0.25, -0.2) is 0 Å². The number of carbonyl (C=O) groups is 1. The van der Waals surface area contributed by atoms with Crippen LogP contribution in [0.3, 0.4) is 0 Å². The first-order chi connectivity index (χ1) is 7.82. The Kier molecular flexibility index (Phi) is 4.89. The van der Waals surface area contributed by atoms with Gasteiger partial charge in [0.05, 0.1) is 4.47 Å². The average Bonchev–Trinajstić information content (AvgIpc) is 2.29. The monoisotopic (exact) mass is 362 g/mol. The zero-order valence-corrected chi connectivity index (χ0v) is 12.9. The number of hydrogen-bond donors (Lipinski definition) is 0. The molecule has 0 saturated heterocycles. The highest BCUT2D eigenvalue weighted by molar-refractivity contribution is 9.11. The molecule has 1 rings (SSSR count). The van der Waals surface area contributed by atoms with Crippen molar-refractivity contribution in [3.63, 3.8) is 0 Å². The molecule has 0 radical (unpaired) electrons. The Bertz CT molecular complexity index is 510. The Hall–Kier alpha value is -0.680. The molecule has 0 amide bonds. The van der Waals surface area contributed by atoms with Crippen LogP contribution in [0.4, 0.5) is 0 Å². The van der Waals surface area contributed by atoms with Crippen molar-refractivity contribution in [2.24, 2.45) is 0 Å². The number of hydrogen-bond acceptors (Lipinski definition) is 3. The van der Waals surface area contributed by atoms with Crippen molar-refractivity contribution < 1.29 is 9.53 Å². The second-order valence-corrected chi connectivity index (χ2v) is 5.59. The lowest BCUT2D eigenvalue weighted by atomic mass is 10.1. The Balaban J connectivity index is 3.55. The summed E-state index contributed by atoms with van der Waals surface area (Å²) in [5.74, 6) is -0.262. The molecular weight excluding hydrogens is 352 g/mol. The standard InChI is InChI=1S/C12H12Br2O3/c1-6(2)8-4-11(17-7(3)15)12(16)10(14)5-9(8)13/h4-6H,1-3H3. The van der Waals surface area contributed by atoms with Crippen molar-refractivity contribution in [1.29, 1.82) is 0 Å². The van der Waals surface area contributed by atoms with Crippen molar-refractivity contribution in [3.05, 3.63) is 36.9 Å². The molecular formula is C12H12Br2O3. The molecule has 0 fully saturated rings. The molecule has 0 bridgehead atoms. The Morgan fingerprint density at radius 3 is 2.29 bits per heavy atom. The van der Waals surface area contributed by atoms with Gasteiger partial charge in [-0.15, -0.1) is 0 Å². The van der Waals surface area contributed by atoms with E-state index >= 15 is 0 Å². The maximum atomic E-state index is 11.9. The number of ether oxygens (including phenoxy) is 1. The molecule has 0 saturated carbocycles. The van der Waals surface area contributed by atoms with Gasteiger partial charge in [0.25, 0.3) is 0 Å². The van der Waals surface area contributed by atoms with Gasteiger partial charge in [-0.1, -0.05) is 29.8 Å². The number of esters is 1. The van der Waals surface area contributed by atoms with Crippen LogP contribution in [0.15, 0.2) is 25.9 Å². The molecule has 0 aliphatic rings. The molecule has 0 heterocycles. The van der Waals surface area contributed by atoms with Gasteiger partial charge < -0.3 is 4.74 Å². The predicted octanol–water partition coefficient (Wildman–Crippen LogP) is 3.62. The summed E-state index contributed by atoms with van der Waals surface area (Å²) in [5.41, 5.74) is 0.567. The normalized spacial score (nSPS) is 10.5. The highest BCUT2D eigenvalue weighted by atomic mass is 79.9. The van der Waals surface area contributed by atoms with Crippen molar-refractivity contribution in [3.8, 4) is 5.75 Å². The Morgan fingerprint density at radius 1 is 1.24 bits per heavy atom. The van der Waals surface area contributed by atoms with Crippen molar-refractivity contribution in [1.82, 2.24) is 0 Å². The summed E-state index contributed by atoms with van der Waals surface area (Å²) in [6.45, 7) is 5.26. The van der Waals surface area contributed by atoms with E-state index in [0.29, 0.717) is 4.47 Å². The fourth-order valence-corrected chi connectivity index (χ4v) is 2.86. The smallest absolute Gasteiger partial charge is 0.308 e. The van der Waals surface area contributed by atoms with Gasteiger partial charge in [-0.3, -0.25) is 9.59 Å². The molecule has 92 valence electrons. The van der Waals surface area contributed by atoms with E-state index in [4.69, 9.17) is 4.74 Å². The lowest BCUT2D eigenvalue weighted by Crippen LogP contribution is -2.10. The van der Waals surface area contributed by atoms with E-state index in [2.05, 4.69) is 31.9 Å². The van der Waals surface area contributed by atoms with Crippen LogP contribution >= 0.6 is 31.9 Å². The van der Waals surface area contributed by atoms with Crippen molar-refractivity contribution in [2.45, 2.75) is 26.7 Å². The molecule has 0 aliphatic carbocycles. The maximum Gasteiger partial charge on any atom is 0.308 e. The zero-order chi connectivity index (χ0) is 13.2. The van der Waals surface area contributed by atoms with Crippen LogP contribution in [0.25, 0.3) is 0 Å². The molecule has 0 aromatic heterocycles. The molecule has 1 aromatic carbocycles. The number of rotatable bonds is 2. The summed E-state index contributed by atoms with van der Waals surface area (Å²) >= 11 is 6.57. The minimum Gasteiger partial charge on any atom is -0.422 e. The predicted molar refractivity (Wildman–Crippen MR) is 73.5 cm³/mol. The maximum absolute atomic E-state index is 11.9. The summed E-state index contributed by atoms with van der Waals surface area (Å²) in [5, 5.41) is 0. The molecule has 3 nitrogen and oxygen atoms in total.